The number of aromatic amines is 1. The lowest BCUT2D eigenvalue weighted by molar-refractivity contribution is 0.0602. The molecule has 3 aromatic carbocycles. The van der Waals surface area contributed by atoms with Crippen LogP contribution in [0.15, 0.2) is 67.0 Å². The Bertz CT molecular complexity index is 1420. The zero-order valence-corrected chi connectivity index (χ0v) is 17.4. The molecule has 0 spiro atoms. The van der Waals surface area contributed by atoms with E-state index in [4.69, 9.17) is 4.74 Å². The number of hydrogen-bond donors (Lipinski definition) is 2. The molecule has 2 aromatic heterocycles. The van der Waals surface area contributed by atoms with Crippen LogP contribution in [0.25, 0.3) is 39.2 Å². The van der Waals surface area contributed by atoms with E-state index in [1.807, 2.05) is 60.1 Å². The summed E-state index contributed by atoms with van der Waals surface area (Å²) in [7, 11) is 3.24. The number of ether oxygens (including phenoxy) is 1. The molecule has 5 rings (SSSR count). The lowest BCUT2D eigenvalue weighted by Gasteiger charge is -2.15. The van der Waals surface area contributed by atoms with Crippen molar-refractivity contribution in [3.8, 4) is 28.2 Å². The number of esters is 1. The number of carbonyl (C=O) groups excluding carboxylic acids is 1. The van der Waals surface area contributed by atoms with Gasteiger partial charge < -0.3 is 10.1 Å². The van der Waals surface area contributed by atoms with Crippen LogP contribution in [0.3, 0.4) is 0 Å². The smallest absolute Gasteiger partial charge is 0.340 e. The lowest BCUT2D eigenvalue weighted by Crippen LogP contribution is -2.05. The Morgan fingerprint density at radius 1 is 1.03 bits per heavy atom. The summed E-state index contributed by atoms with van der Waals surface area (Å²) in [5.41, 5.74) is 6.44. The van der Waals surface area contributed by atoms with E-state index in [0.717, 1.165) is 28.1 Å². The van der Waals surface area contributed by atoms with Gasteiger partial charge in [0.25, 0.3) is 0 Å². The fourth-order valence-electron chi connectivity index (χ4n) is 3.85. The predicted octanol–water partition coefficient (Wildman–Crippen LogP) is 3.70. The maximum Gasteiger partial charge on any atom is 0.340 e. The summed E-state index contributed by atoms with van der Waals surface area (Å²) in [5.74, 6) is 0.118. The van der Waals surface area contributed by atoms with Crippen molar-refractivity contribution in [2.75, 3.05) is 19.5 Å². The van der Waals surface area contributed by atoms with Crippen molar-refractivity contribution < 1.29 is 9.53 Å². The van der Waals surface area contributed by atoms with Crippen molar-refractivity contribution in [3.63, 3.8) is 0 Å². The van der Waals surface area contributed by atoms with Gasteiger partial charge in [-0.25, -0.2) is 9.78 Å². The number of tetrazole rings is 1. The van der Waals surface area contributed by atoms with Gasteiger partial charge in [0.05, 0.1) is 23.7 Å². The number of carbonyl (C=O) groups is 1. The first-order chi connectivity index (χ1) is 15.7. The van der Waals surface area contributed by atoms with E-state index in [-0.39, 0.29) is 0 Å². The van der Waals surface area contributed by atoms with Crippen LogP contribution in [-0.4, -0.2) is 50.3 Å². The summed E-state index contributed by atoms with van der Waals surface area (Å²) in [6.07, 6.45) is 1.71. The van der Waals surface area contributed by atoms with E-state index in [0.29, 0.717) is 22.4 Å². The molecule has 9 nitrogen and oxygen atoms in total. The molecule has 0 aliphatic heterocycles. The molecule has 0 bridgehead atoms. The number of nitrogens with one attached hydrogen (secondary N) is 2. The maximum absolute atomic E-state index is 12.3. The third kappa shape index (κ3) is 3.16. The van der Waals surface area contributed by atoms with E-state index in [1.165, 1.54) is 7.11 Å². The molecule has 158 valence electrons. The molecule has 9 heteroatoms. The zero-order valence-electron chi connectivity index (χ0n) is 17.4. The highest BCUT2D eigenvalue weighted by atomic mass is 16.5. The van der Waals surface area contributed by atoms with Crippen LogP contribution in [0.1, 0.15) is 10.4 Å². The molecule has 2 N–H and O–H groups in total. The number of fused-ring (bicyclic) bond motifs is 1. The van der Waals surface area contributed by atoms with Crippen molar-refractivity contribution in [3.05, 3.63) is 72.6 Å². The number of hydrogen-bond acceptors (Lipinski definition) is 7. The van der Waals surface area contributed by atoms with E-state index in [2.05, 4.69) is 30.9 Å². The minimum Gasteiger partial charge on any atom is -0.465 e. The average Bonchev–Trinajstić information content (AvgIpc) is 3.53. The Morgan fingerprint density at radius 3 is 2.62 bits per heavy atom. The first-order valence-corrected chi connectivity index (χ1v) is 9.91. The molecule has 0 saturated carbocycles. The van der Waals surface area contributed by atoms with Gasteiger partial charge in [-0.2, -0.15) is 5.21 Å². The normalized spacial score (nSPS) is 10.9. The topological polar surface area (TPSA) is 111 Å². The molecule has 0 unspecified atom stereocenters. The Morgan fingerprint density at radius 2 is 1.88 bits per heavy atom. The van der Waals surface area contributed by atoms with Crippen LogP contribution < -0.4 is 5.32 Å². The van der Waals surface area contributed by atoms with Gasteiger partial charge in [-0.15, -0.1) is 10.2 Å². The summed E-state index contributed by atoms with van der Waals surface area (Å²) in [6, 6.07) is 19.3. The molecular weight excluding hydrogens is 406 g/mol. The van der Waals surface area contributed by atoms with Gasteiger partial charge >= 0.3 is 5.97 Å². The van der Waals surface area contributed by atoms with Crippen molar-refractivity contribution in [2.45, 2.75) is 0 Å². The SMILES string of the molecule is CNc1cc(-n2cnc3cccc(C(=O)OC)c32)ccc1-c1ccccc1-c1nn[nH]n1. The average molecular weight is 425 g/mol. The van der Waals surface area contributed by atoms with Crippen LogP contribution in [0.2, 0.25) is 0 Å². The summed E-state index contributed by atoms with van der Waals surface area (Å²) in [5, 5.41) is 17.7. The number of rotatable bonds is 5. The third-order valence-corrected chi connectivity index (χ3v) is 5.33. The molecular formula is C23H19N7O2. The fraction of sp³-hybridized carbons (Fsp3) is 0.0870. The van der Waals surface area contributed by atoms with Gasteiger partial charge in [0.1, 0.15) is 6.33 Å². The molecule has 5 aromatic rings. The second kappa shape index (κ2) is 7.95. The van der Waals surface area contributed by atoms with Crippen molar-refractivity contribution in [1.82, 2.24) is 30.2 Å². The highest BCUT2D eigenvalue weighted by molar-refractivity contribution is 6.02. The number of aromatic nitrogens is 6. The Hall–Kier alpha value is -4.53. The standard InChI is InChI=1S/C23H19N7O2/c1-24-20-12-14(30-13-25-19-9-5-8-18(21(19)30)23(31)32-2)10-11-16(20)15-6-3-4-7-17(15)22-26-28-29-27-22/h3-13,24H,1-2H3,(H,26,27,28,29). The van der Waals surface area contributed by atoms with Gasteiger partial charge in [-0.1, -0.05) is 36.4 Å². The first kappa shape index (κ1) is 19.4. The second-order valence-electron chi connectivity index (χ2n) is 7.04. The van der Waals surface area contributed by atoms with Crippen molar-refractivity contribution >= 4 is 22.7 Å². The number of benzene rings is 3. The van der Waals surface area contributed by atoms with Gasteiger partial charge in [0, 0.05) is 29.5 Å². The fourth-order valence-corrected chi connectivity index (χ4v) is 3.85. The molecule has 0 amide bonds. The van der Waals surface area contributed by atoms with E-state index < -0.39 is 5.97 Å². The van der Waals surface area contributed by atoms with Gasteiger partial charge in [0.2, 0.25) is 5.82 Å². The number of imidazole rings is 1. The van der Waals surface area contributed by atoms with Crippen LogP contribution in [0.4, 0.5) is 5.69 Å². The van der Waals surface area contributed by atoms with Gasteiger partial charge in [-0.05, 0) is 35.0 Å². The highest BCUT2D eigenvalue weighted by Gasteiger charge is 2.18. The van der Waals surface area contributed by atoms with Crippen LogP contribution in [-0.2, 0) is 4.74 Å². The quantitative estimate of drug-likeness (QED) is 0.413. The summed E-state index contributed by atoms with van der Waals surface area (Å²) in [4.78, 5) is 16.8. The molecule has 0 fully saturated rings. The largest absolute Gasteiger partial charge is 0.465 e. The molecule has 32 heavy (non-hydrogen) atoms. The number of para-hydroxylation sites is 1. The minimum atomic E-state index is -0.406. The third-order valence-electron chi connectivity index (χ3n) is 5.33. The highest BCUT2D eigenvalue weighted by Crippen LogP contribution is 2.36. The molecule has 2 heterocycles. The second-order valence-corrected chi connectivity index (χ2v) is 7.04. The number of H-pyrrole nitrogens is 1. The predicted molar refractivity (Wildman–Crippen MR) is 121 cm³/mol. The van der Waals surface area contributed by atoms with Crippen LogP contribution in [0.5, 0.6) is 0 Å². The summed E-state index contributed by atoms with van der Waals surface area (Å²) in [6.45, 7) is 0. The number of anilines is 1. The molecule has 0 radical (unpaired) electrons. The molecule has 0 aliphatic carbocycles. The van der Waals surface area contributed by atoms with Crippen molar-refractivity contribution in [1.29, 1.82) is 0 Å². The minimum absolute atomic E-state index is 0.406. The molecule has 0 saturated heterocycles. The monoisotopic (exact) mass is 425 g/mol. The van der Waals surface area contributed by atoms with E-state index in [9.17, 15) is 4.79 Å². The lowest BCUT2D eigenvalue weighted by atomic mass is 9.97. The summed E-state index contributed by atoms with van der Waals surface area (Å²) < 4.78 is 6.85. The van der Waals surface area contributed by atoms with Crippen LogP contribution >= 0.6 is 0 Å². The summed E-state index contributed by atoms with van der Waals surface area (Å²) >= 11 is 0. The van der Waals surface area contributed by atoms with Gasteiger partial charge in [0.15, 0.2) is 0 Å². The number of methoxy groups -OCH3 is 1. The van der Waals surface area contributed by atoms with E-state index in [1.54, 1.807) is 18.5 Å². The first-order valence-electron chi connectivity index (χ1n) is 9.91. The number of nitrogens with zero attached hydrogens (tertiary/aromatic N) is 5. The van der Waals surface area contributed by atoms with E-state index >= 15 is 0 Å². The van der Waals surface area contributed by atoms with Gasteiger partial charge in [-0.3, -0.25) is 4.57 Å². The van der Waals surface area contributed by atoms with Crippen LogP contribution in [0, 0.1) is 0 Å². The zero-order chi connectivity index (χ0) is 22.1. The Labute approximate surface area is 183 Å². The maximum atomic E-state index is 12.3. The van der Waals surface area contributed by atoms with Crippen molar-refractivity contribution in [2.24, 2.45) is 0 Å². The Kier molecular flexibility index (Phi) is 4.83. The Balaban J connectivity index is 1.67. The molecule has 0 atom stereocenters. The molecule has 0 aliphatic rings.